The van der Waals surface area contributed by atoms with E-state index in [0.29, 0.717) is 5.78 Å². The molecular weight excluding hydrogens is 324 g/mol. The average Bonchev–Trinajstić information content (AvgIpc) is 3.12. The van der Waals surface area contributed by atoms with Crippen molar-refractivity contribution in [1.29, 1.82) is 0 Å². The number of rotatable bonds is 4. The molecule has 6 heteroatoms. The number of aromatic nitrogens is 4. The van der Waals surface area contributed by atoms with Crippen LogP contribution in [0.2, 0.25) is 0 Å². The van der Waals surface area contributed by atoms with Crippen LogP contribution >= 0.6 is 0 Å². The van der Waals surface area contributed by atoms with Crippen LogP contribution in [0.3, 0.4) is 0 Å². The molecule has 0 atom stereocenters. The van der Waals surface area contributed by atoms with Crippen LogP contribution in [0.5, 0.6) is 0 Å². The second kappa shape index (κ2) is 6.94. The number of piperazine rings is 1. The number of hydrogen-bond acceptors (Lipinski definition) is 5. The lowest BCUT2D eigenvalue weighted by Crippen LogP contribution is -2.47. The summed E-state index contributed by atoms with van der Waals surface area (Å²) in [5.74, 6) is 1.85. The summed E-state index contributed by atoms with van der Waals surface area (Å²) in [7, 11) is 0. The minimum Gasteiger partial charge on any atom is -0.368 e. The molecule has 6 nitrogen and oxygen atoms in total. The standard InChI is InChI=1S/C20H26N6/c1-4-6-17-13-19(26-14-21-23-20(26)22-17)25-11-9-24(10-12-25)18-8-5-7-15(2)16(18)3/h5,7-8,13-14H,4,6,9-12H2,1-3H3. The zero-order chi connectivity index (χ0) is 18.1. The molecule has 0 N–H and O–H groups in total. The van der Waals surface area contributed by atoms with Crippen molar-refractivity contribution in [3.05, 3.63) is 47.4 Å². The second-order valence-electron chi connectivity index (χ2n) is 7.05. The Labute approximate surface area is 154 Å². The number of hydrogen-bond donors (Lipinski definition) is 0. The highest BCUT2D eigenvalue weighted by Gasteiger charge is 2.21. The third-order valence-electron chi connectivity index (χ3n) is 5.34. The van der Waals surface area contributed by atoms with Crippen molar-refractivity contribution in [3.8, 4) is 0 Å². The van der Waals surface area contributed by atoms with Gasteiger partial charge in [0.2, 0.25) is 0 Å². The Hall–Kier alpha value is -2.63. The molecule has 3 heterocycles. The summed E-state index contributed by atoms with van der Waals surface area (Å²) in [6, 6.07) is 8.78. The van der Waals surface area contributed by atoms with E-state index >= 15 is 0 Å². The molecule has 1 aliphatic heterocycles. The van der Waals surface area contributed by atoms with Gasteiger partial charge in [-0.05, 0) is 37.5 Å². The van der Waals surface area contributed by atoms with Crippen LogP contribution in [0.15, 0.2) is 30.6 Å². The van der Waals surface area contributed by atoms with Crippen molar-refractivity contribution in [2.24, 2.45) is 0 Å². The lowest BCUT2D eigenvalue weighted by Gasteiger charge is -2.38. The normalized spacial score (nSPS) is 15.0. The second-order valence-corrected chi connectivity index (χ2v) is 7.05. The topological polar surface area (TPSA) is 49.6 Å². The first-order valence-corrected chi connectivity index (χ1v) is 9.43. The van der Waals surface area contributed by atoms with Gasteiger partial charge in [0.1, 0.15) is 12.1 Å². The maximum atomic E-state index is 4.62. The Balaban J connectivity index is 1.57. The van der Waals surface area contributed by atoms with Crippen LogP contribution in [0.25, 0.3) is 5.78 Å². The third-order valence-corrected chi connectivity index (χ3v) is 5.34. The Morgan fingerprint density at radius 1 is 1.04 bits per heavy atom. The minimum absolute atomic E-state index is 0.697. The molecular formula is C20H26N6. The summed E-state index contributed by atoms with van der Waals surface area (Å²) in [6.45, 7) is 10.6. The number of benzene rings is 1. The van der Waals surface area contributed by atoms with Gasteiger partial charge in [-0.1, -0.05) is 25.5 Å². The summed E-state index contributed by atoms with van der Waals surface area (Å²) in [5.41, 5.74) is 5.20. The molecule has 0 aliphatic carbocycles. The van der Waals surface area contributed by atoms with Gasteiger partial charge in [0, 0.05) is 43.6 Å². The molecule has 136 valence electrons. The lowest BCUT2D eigenvalue weighted by molar-refractivity contribution is 0.641. The van der Waals surface area contributed by atoms with Gasteiger partial charge >= 0.3 is 0 Å². The van der Waals surface area contributed by atoms with E-state index in [1.807, 2.05) is 4.40 Å². The van der Waals surface area contributed by atoms with Crippen molar-refractivity contribution in [2.75, 3.05) is 36.0 Å². The fraction of sp³-hybridized carbons (Fsp3) is 0.450. The largest absolute Gasteiger partial charge is 0.368 e. The number of anilines is 2. The van der Waals surface area contributed by atoms with Crippen LogP contribution < -0.4 is 9.80 Å². The fourth-order valence-corrected chi connectivity index (χ4v) is 3.73. The zero-order valence-electron chi connectivity index (χ0n) is 15.8. The molecule has 1 fully saturated rings. The highest BCUT2D eigenvalue weighted by Crippen LogP contribution is 2.26. The summed E-state index contributed by atoms with van der Waals surface area (Å²) in [4.78, 5) is 9.54. The predicted octanol–water partition coefficient (Wildman–Crippen LogP) is 3.02. The Kier molecular flexibility index (Phi) is 4.49. The Morgan fingerprint density at radius 3 is 2.58 bits per heavy atom. The molecule has 3 aromatic rings. The molecule has 0 bridgehead atoms. The number of aryl methyl sites for hydroxylation is 2. The summed E-state index contributed by atoms with van der Waals surface area (Å²) < 4.78 is 2.01. The number of fused-ring (bicyclic) bond motifs is 1. The maximum absolute atomic E-state index is 4.62. The van der Waals surface area contributed by atoms with Gasteiger partial charge in [-0.15, -0.1) is 10.2 Å². The van der Waals surface area contributed by atoms with Crippen LogP contribution in [0.1, 0.15) is 30.2 Å². The molecule has 1 aliphatic rings. The van der Waals surface area contributed by atoms with E-state index in [1.54, 1.807) is 6.33 Å². The van der Waals surface area contributed by atoms with E-state index in [4.69, 9.17) is 0 Å². The maximum Gasteiger partial charge on any atom is 0.256 e. The SMILES string of the molecule is CCCc1cc(N2CCN(c3cccc(C)c3C)CC2)n2cnnc2n1. The third kappa shape index (κ3) is 3.00. The van der Waals surface area contributed by atoms with Crippen molar-refractivity contribution >= 4 is 17.3 Å². The van der Waals surface area contributed by atoms with Crippen LogP contribution in [-0.4, -0.2) is 45.8 Å². The van der Waals surface area contributed by atoms with Crippen LogP contribution in [0.4, 0.5) is 11.5 Å². The highest BCUT2D eigenvalue weighted by molar-refractivity contribution is 5.58. The van der Waals surface area contributed by atoms with Crippen LogP contribution in [-0.2, 0) is 6.42 Å². The van der Waals surface area contributed by atoms with Gasteiger partial charge in [-0.3, -0.25) is 4.40 Å². The van der Waals surface area contributed by atoms with Gasteiger partial charge in [-0.2, -0.15) is 0 Å². The quantitative estimate of drug-likeness (QED) is 0.724. The fourth-order valence-electron chi connectivity index (χ4n) is 3.73. The molecule has 0 unspecified atom stereocenters. The molecule has 4 rings (SSSR count). The lowest BCUT2D eigenvalue weighted by atomic mass is 10.1. The van der Waals surface area contributed by atoms with Crippen molar-refractivity contribution in [2.45, 2.75) is 33.6 Å². The van der Waals surface area contributed by atoms with Gasteiger partial charge in [0.05, 0.1) is 0 Å². The van der Waals surface area contributed by atoms with Crippen molar-refractivity contribution in [1.82, 2.24) is 19.6 Å². The molecule has 1 saturated heterocycles. The molecule has 0 radical (unpaired) electrons. The van der Waals surface area contributed by atoms with Gasteiger partial charge < -0.3 is 9.80 Å². The molecule has 26 heavy (non-hydrogen) atoms. The molecule has 0 saturated carbocycles. The highest BCUT2D eigenvalue weighted by atomic mass is 15.3. The Bertz CT molecular complexity index is 908. The van der Waals surface area contributed by atoms with E-state index in [-0.39, 0.29) is 0 Å². The smallest absolute Gasteiger partial charge is 0.256 e. The minimum atomic E-state index is 0.697. The molecule has 1 aromatic carbocycles. The number of nitrogens with zero attached hydrogens (tertiary/aromatic N) is 6. The van der Waals surface area contributed by atoms with Crippen molar-refractivity contribution < 1.29 is 0 Å². The van der Waals surface area contributed by atoms with Gasteiger partial charge in [0.15, 0.2) is 0 Å². The summed E-state index contributed by atoms with van der Waals surface area (Å²) >= 11 is 0. The first-order valence-electron chi connectivity index (χ1n) is 9.43. The van der Waals surface area contributed by atoms with E-state index in [0.717, 1.165) is 50.5 Å². The van der Waals surface area contributed by atoms with Gasteiger partial charge in [0.25, 0.3) is 5.78 Å². The van der Waals surface area contributed by atoms with E-state index in [1.165, 1.54) is 16.8 Å². The molecule has 0 amide bonds. The molecule has 2 aromatic heterocycles. The van der Waals surface area contributed by atoms with E-state index < -0.39 is 0 Å². The van der Waals surface area contributed by atoms with Crippen molar-refractivity contribution in [3.63, 3.8) is 0 Å². The first kappa shape index (κ1) is 16.8. The summed E-state index contributed by atoms with van der Waals surface area (Å²) in [5, 5.41) is 8.22. The summed E-state index contributed by atoms with van der Waals surface area (Å²) in [6.07, 6.45) is 3.82. The van der Waals surface area contributed by atoms with E-state index in [9.17, 15) is 0 Å². The Morgan fingerprint density at radius 2 is 1.81 bits per heavy atom. The van der Waals surface area contributed by atoms with E-state index in [2.05, 4.69) is 70.0 Å². The average molecular weight is 350 g/mol. The zero-order valence-corrected chi connectivity index (χ0v) is 15.8. The van der Waals surface area contributed by atoms with Crippen LogP contribution in [0, 0.1) is 13.8 Å². The predicted molar refractivity (Wildman–Crippen MR) is 105 cm³/mol. The van der Waals surface area contributed by atoms with Gasteiger partial charge in [-0.25, -0.2) is 4.98 Å². The first-order chi connectivity index (χ1) is 12.7. The molecule has 0 spiro atoms. The monoisotopic (exact) mass is 350 g/mol.